The van der Waals surface area contributed by atoms with Gasteiger partial charge in [-0.2, -0.15) is 0 Å². The molecule has 102 valence electrons. The maximum absolute atomic E-state index is 12.0. The highest BCUT2D eigenvalue weighted by Gasteiger charge is 2.13. The summed E-state index contributed by atoms with van der Waals surface area (Å²) in [7, 11) is 0. The summed E-state index contributed by atoms with van der Waals surface area (Å²) < 4.78 is 11.3. The predicted molar refractivity (Wildman–Crippen MR) is 75.7 cm³/mol. The van der Waals surface area contributed by atoms with Crippen LogP contribution in [-0.2, 0) is 6.54 Å². The molecule has 2 heterocycles. The summed E-state index contributed by atoms with van der Waals surface area (Å²) in [6, 6.07) is 7.32. The molecule has 0 atom stereocenters. The van der Waals surface area contributed by atoms with Crippen LogP contribution in [0.5, 0.6) is 11.5 Å². The molecule has 0 aliphatic carbocycles. The Bertz CT molecular complexity index is 661. The van der Waals surface area contributed by atoms with E-state index in [4.69, 9.17) is 9.47 Å². The molecule has 1 amide bonds. The molecule has 1 aromatic heterocycles. The molecule has 20 heavy (non-hydrogen) atoms. The van der Waals surface area contributed by atoms with Gasteiger partial charge in [-0.05, 0) is 39.7 Å². The zero-order chi connectivity index (χ0) is 13.9. The van der Waals surface area contributed by atoms with E-state index in [2.05, 4.69) is 26.2 Å². The van der Waals surface area contributed by atoms with Crippen LogP contribution in [0.2, 0.25) is 0 Å². The number of carbonyl (C=O) groups is 1. The molecule has 0 fully saturated rings. The number of nitrogens with one attached hydrogen (secondary N) is 1. The van der Waals surface area contributed by atoms with Crippen molar-refractivity contribution in [1.82, 2.24) is 10.3 Å². The normalized spacial score (nSPS) is 12.2. The van der Waals surface area contributed by atoms with Crippen molar-refractivity contribution in [2.75, 3.05) is 6.79 Å². The van der Waals surface area contributed by atoms with Gasteiger partial charge in [-0.1, -0.05) is 6.07 Å². The smallest absolute Gasteiger partial charge is 0.253 e. The standard InChI is InChI=1S/C14H11BrN2O3/c15-11-4-10(6-16-7-11)14(18)17-5-9-1-2-12-13(3-9)20-8-19-12/h1-4,6-7H,5,8H2,(H,17,18). The average molecular weight is 335 g/mol. The van der Waals surface area contributed by atoms with Crippen molar-refractivity contribution >= 4 is 21.8 Å². The lowest BCUT2D eigenvalue weighted by Crippen LogP contribution is -2.22. The Morgan fingerprint density at radius 1 is 1.25 bits per heavy atom. The number of hydrogen-bond acceptors (Lipinski definition) is 4. The van der Waals surface area contributed by atoms with E-state index in [0.717, 1.165) is 15.8 Å². The van der Waals surface area contributed by atoms with Crippen LogP contribution in [-0.4, -0.2) is 17.7 Å². The van der Waals surface area contributed by atoms with E-state index >= 15 is 0 Å². The second kappa shape index (κ2) is 5.50. The summed E-state index contributed by atoms with van der Waals surface area (Å²) in [6.45, 7) is 0.664. The summed E-state index contributed by atoms with van der Waals surface area (Å²) in [6.07, 6.45) is 3.16. The largest absolute Gasteiger partial charge is 0.454 e. The maximum Gasteiger partial charge on any atom is 0.253 e. The van der Waals surface area contributed by atoms with Gasteiger partial charge >= 0.3 is 0 Å². The number of pyridine rings is 1. The molecule has 2 aromatic rings. The number of halogens is 1. The number of rotatable bonds is 3. The third-order valence-electron chi connectivity index (χ3n) is 2.86. The molecule has 0 saturated heterocycles. The van der Waals surface area contributed by atoms with E-state index < -0.39 is 0 Å². The lowest BCUT2D eigenvalue weighted by molar-refractivity contribution is 0.0950. The topological polar surface area (TPSA) is 60.5 Å². The van der Waals surface area contributed by atoms with E-state index in [-0.39, 0.29) is 12.7 Å². The Labute approximate surface area is 124 Å². The number of fused-ring (bicyclic) bond motifs is 1. The Morgan fingerprint density at radius 3 is 2.95 bits per heavy atom. The number of ether oxygens (including phenoxy) is 2. The number of amides is 1. The van der Waals surface area contributed by atoms with Crippen molar-refractivity contribution in [3.05, 3.63) is 52.3 Å². The molecule has 0 radical (unpaired) electrons. The fourth-order valence-corrected chi connectivity index (χ4v) is 2.24. The minimum Gasteiger partial charge on any atom is -0.454 e. The lowest BCUT2D eigenvalue weighted by atomic mass is 10.2. The SMILES string of the molecule is O=C(NCc1ccc2c(c1)OCO2)c1cncc(Br)c1. The summed E-state index contributed by atoms with van der Waals surface area (Å²) in [5.41, 5.74) is 1.46. The van der Waals surface area contributed by atoms with Gasteiger partial charge < -0.3 is 14.8 Å². The van der Waals surface area contributed by atoms with Crippen molar-refractivity contribution in [1.29, 1.82) is 0 Å². The van der Waals surface area contributed by atoms with E-state index in [0.29, 0.717) is 17.9 Å². The molecular formula is C14H11BrN2O3. The van der Waals surface area contributed by atoms with E-state index in [1.807, 2.05) is 18.2 Å². The third kappa shape index (κ3) is 2.75. The maximum atomic E-state index is 12.0. The van der Waals surface area contributed by atoms with Crippen LogP contribution < -0.4 is 14.8 Å². The van der Waals surface area contributed by atoms with Crippen LogP contribution in [0.1, 0.15) is 15.9 Å². The molecule has 1 N–H and O–H groups in total. The Balaban J connectivity index is 1.66. The minimum atomic E-state index is -0.170. The van der Waals surface area contributed by atoms with Crippen LogP contribution in [0.4, 0.5) is 0 Å². The molecule has 0 unspecified atom stereocenters. The summed E-state index contributed by atoms with van der Waals surface area (Å²) in [5, 5.41) is 2.84. The number of nitrogens with zero attached hydrogens (tertiary/aromatic N) is 1. The molecule has 6 heteroatoms. The van der Waals surface area contributed by atoms with E-state index in [1.54, 1.807) is 12.3 Å². The predicted octanol–water partition coefficient (Wildman–Crippen LogP) is 2.50. The van der Waals surface area contributed by atoms with Gasteiger partial charge in [-0.25, -0.2) is 0 Å². The van der Waals surface area contributed by atoms with E-state index in [9.17, 15) is 4.79 Å². The first kappa shape index (κ1) is 12.9. The summed E-state index contributed by atoms with van der Waals surface area (Å²) >= 11 is 3.29. The first-order valence-corrected chi connectivity index (χ1v) is 6.79. The van der Waals surface area contributed by atoms with Crippen LogP contribution >= 0.6 is 15.9 Å². The van der Waals surface area contributed by atoms with Crippen molar-refractivity contribution in [3.8, 4) is 11.5 Å². The van der Waals surface area contributed by atoms with Crippen molar-refractivity contribution in [2.24, 2.45) is 0 Å². The highest BCUT2D eigenvalue weighted by atomic mass is 79.9. The first-order chi connectivity index (χ1) is 9.72. The van der Waals surface area contributed by atoms with Crippen molar-refractivity contribution in [3.63, 3.8) is 0 Å². The zero-order valence-electron chi connectivity index (χ0n) is 10.4. The van der Waals surface area contributed by atoms with Crippen molar-refractivity contribution in [2.45, 2.75) is 6.54 Å². The van der Waals surface area contributed by atoms with Gasteiger partial charge in [0.05, 0.1) is 5.56 Å². The van der Waals surface area contributed by atoms with Gasteiger partial charge in [0.25, 0.3) is 5.91 Å². The molecule has 0 saturated carbocycles. The van der Waals surface area contributed by atoms with Crippen LogP contribution in [0, 0.1) is 0 Å². The summed E-state index contributed by atoms with van der Waals surface area (Å²) in [5.74, 6) is 1.27. The quantitative estimate of drug-likeness (QED) is 0.936. The molecular weight excluding hydrogens is 324 g/mol. The Hall–Kier alpha value is -2.08. The fourth-order valence-electron chi connectivity index (χ4n) is 1.87. The van der Waals surface area contributed by atoms with Crippen LogP contribution in [0.15, 0.2) is 41.1 Å². The van der Waals surface area contributed by atoms with Gasteiger partial charge in [0.1, 0.15) is 0 Å². The Kier molecular flexibility index (Phi) is 3.56. The molecule has 1 aliphatic heterocycles. The number of carbonyl (C=O) groups excluding carboxylic acids is 1. The fraction of sp³-hybridized carbons (Fsp3) is 0.143. The monoisotopic (exact) mass is 334 g/mol. The van der Waals surface area contributed by atoms with Gasteiger partial charge in [0, 0.05) is 23.4 Å². The highest BCUT2D eigenvalue weighted by Crippen LogP contribution is 2.32. The average Bonchev–Trinajstić information content (AvgIpc) is 2.92. The second-order valence-electron chi connectivity index (χ2n) is 4.26. The van der Waals surface area contributed by atoms with Gasteiger partial charge in [-0.15, -0.1) is 0 Å². The Morgan fingerprint density at radius 2 is 2.10 bits per heavy atom. The molecule has 1 aromatic carbocycles. The highest BCUT2D eigenvalue weighted by molar-refractivity contribution is 9.10. The third-order valence-corrected chi connectivity index (χ3v) is 3.29. The van der Waals surface area contributed by atoms with Gasteiger partial charge in [-0.3, -0.25) is 9.78 Å². The molecule has 0 bridgehead atoms. The minimum absolute atomic E-state index is 0.170. The number of aromatic nitrogens is 1. The molecule has 0 spiro atoms. The number of benzene rings is 1. The summed E-state index contributed by atoms with van der Waals surface area (Å²) in [4.78, 5) is 15.9. The first-order valence-electron chi connectivity index (χ1n) is 5.99. The second-order valence-corrected chi connectivity index (χ2v) is 5.18. The zero-order valence-corrected chi connectivity index (χ0v) is 12.0. The molecule has 1 aliphatic rings. The van der Waals surface area contributed by atoms with Crippen LogP contribution in [0.3, 0.4) is 0 Å². The van der Waals surface area contributed by atoms with Crippen molar-refractivity contribution < 1.29 is 14.3 Å². The van der Waals surface area contributed by atoms with Gasteiger partial charge in [0.2, 0.25) is 6.79 Å². The molecule has 5 nitrogen and oxygen atoms in total. The van der Waals surface area contributed by atoms with E-state index in [1.165, 1.54) is 6.20 Å². The molecule has 3 rings (SSSR count). The number of hydrogen-bond donors (Lipinski definition) is 1. The van der Waals surface area contributed by atoms with Gasteiger partial charge in [0.15, 0.2) is 11.5 Å². The van der Waals surface area contributed by atoms with Crippen LogP contribution in [0.25, 0.3) is 0 Å². The lowest BCUT2D eigenvalue weighted by Gasteiger charge is -2.06.